The van der Waals surface area contributed by atoms with E-state index in [1.54, 1.807) is 4.90 Å². The Morgan fingerprint density at radius 2 is 1.87 bits per heavy atom. The monoisotopic (exact) mass is 303 g/mol. The van der Waals surface area contributed by atoms with Crippen LogP contribution in [-0.4, -0.2) is 12.5 Å². The fourth-order valence-corrected chi connectivity index (χ4v) is 2.72. The number of nitriles is 1. The molecule has 3 rings (SSSR count). The quantitative estimate of drug-likeness (QED) is 0.697. The van der Waals surface area contributed by atoms with Gasteiger partial charge < -0.3 is 10.2 Å². The van der Waals surface area contributed by atoms with Gasteiger partial charge in [-0.05, 0) is 36.6 Å². The van der Waals surface area contributed by atoms with E-state index in [4.69, 9.17) is 0 Å². The predicted octanol–water partition coefficient (Wildman–Crippen LogP) is 3.49. The fraction of sp³-hybridized carbons (Fsp3) is 0.158. The average Bonchev–Trinajstić information content (AvgIpc) is 2.62. The molecular weight excluding hydrogens is 286 g/mol. The molecule has 0 aliphatic carbocycles. The third kappa shape index (κ3) is 3.24. The zero-order chi connectivity index (χ0) is 16.1. The molecule has 114 valence electrons. The Hall–Kier alpha value is -3.06. The molecule has 4 heteroatoms. The van der Waals surface area contributed by atoms with Gasteiger partial charge in [0.1, 0.15) is 11.6 Å². The molecule has 1 aliphatic heterocycles. The third-order valence-corrected chi connectivity index (χ3v) is 3.86. The molecule has 2 aromatic rings. The minimum Gasteiger partial charge on any atom is -0.360 e. The maximum atomic E-state index is 12.7. The second-order valence-corrected chi connectivity index (χ2v) is 5.37. The number of para-hydroxylation sites is 2. The van der Waals surface area contributed by atoms with Crippen molar-refractivity contribution in [2.45, 2.75) is 12.8 Å². The number of nitrogens with zero attached hydrogens (tertiary/aromatic N) is 2. The molecule has 23 heavy (non-hydrogen) atoms. The lowest BCUT2D eigenvalue weighted by atomic mass is 10.0. The average molecular weight is 303 g/mol. The molecule has 1 amide bonds. The van der Waals surface area contributed by atoms with Crippen LogP contribution in [0.3, 0.4) is 0 Å². The number of nitrogens with one attached hydrogen (secondary N) is 1. The first-order valence-electron chi connectivity index (χ1n) is 7.61. The summed E-state index contributed by atoms with van der Waals surface area (Å²) in [5.74, 6) is -0.261. The van der Waals surface area contributed by atoms with Gasteiger partial charge in [-0.3, -0.25) is 4.79 Å². The number of hydrogen-bond acceptors (Lipinski definition) is 3. The summed E-state index contributed by atoms with van der Waals surface area (Å²) in [5.41, 5.74) is 3.00. The zero-order valence-corrected chi connectivity index (χ0v) is 12.7. The van der Waals surface area contributed by atoms with E-state index in [-0.39, 0.29) is 11.5 Å². The largest absolute Gasteiger partial charge is 0.360 e. The highest BCUT2D eigenvalue weighted by atomic mass is 16.2. The molecule has 0 saturated carbocycles. The number of carbonyl (C=O) groups excluding carboxylic acids is 1. The first-order valence-corrected chi connectivity index (χ1v) is 7.61. The molecule has 1 N–H and O–H groups in total. The number of anilines is 2. The summed E-state index contributed by atoms with van der Waals surface area (Å²) in [5, 5.41) is 12.4. The number of carbonyl (C=O) groups is 1. The number of hydrogen-bond donors (Lipinski definition) is 1. The SMILES string of the molecule is N#C/C(=C/Nc1ccccc1)C(=O)N1CCCc2ccccc21. The third-order valence-electron chi connectivity index (χ3n) is 3.86. The summed E-state index contributed by atoms with van der Waals surface area (Å²) >= 11 is 0. The van der Waals surface area contributed by atoms with Crippen LogP contribution in [0, 0.1) is 11.3 Å². The van der Waals surface area contributed by atoms with Crippen molar-refractivity contribution in [2.24, 2.45) is 0 Å². The highest BCUT2D eigenvalue weighted by Crippen LogP contribution is 2.27. The van der Waals surface area contributed by atoms with Gasteiger partial charge in [0.15, 0.2) is 0 Å². The molecule has 0 unspecified atom stereocenters. The normalized spacial score (nSPS) is 13.9. The van der Waals surface area contributed by atoms with E-state index >= 15 is 0 Å². The van der Waals surface area contributed by atoms with Crippen molar-refractivity contribution in [3.63, 3.8) is 0 Å². The fourth-order valence-electron chi connectivity index (χ4n) is 2.72. The van der Waals surface area contributed by atoms with Crippen LogP contribution in [-0.2, 0) is 11.2 Å². The minimum atomic E-state index is -0.261. The molecule has 1 heterocycles. The predicted molar refractivity (Wildman–Crippen MR) is 90.9 cm³/mol. The van der Waals surface area contributed by atoms with E-state index in [1.807, 2.05) is 60.7 Å². The molecule has 4 nitrogen and oxygen atoms in total. The van der Waals surface area contributed by atoms with Crippen molar-refractivity contribution < 1.29 is 4.79 Å². The molecule has 2 aromatic carbocycles. The van der Waals surface area contributed by atoms with Gasteiger partial charge >= 0.3 is 0 Å². The number of aryl methyl sites for hydroxylation is 1. The Balaban J connectivity index is 1.83. The lowest BCUT2D eigenvalue weighted by Gasteiger charge is -2.29. The van der Waals surface area contributed by atoms with E-state index in [9.17, 15) is 10.1 Å². The van der Waals surface area contributed by atoms with Gasteiger partial charge in [0.2, 0.25) is 0 Å². The lowest BCUT2D eigenvalue weighted by Crippen LogP contribution is -2.36. The molecule has 1 aliphatic rings. The lowest BCUT2D eigenvalue weighted by molar-refractivity contribution is -0.114. The maximum absolute atomic E-state index is 12.7. The molecule has 0 fully saturated rings. The van der Waals surface area contributed by atoms with Gasteiger partial charge in [0.25, 0.3) is 5.91 Å². The Bertz CT molecular complexity index is 775. The summed E-state index contributed by atoms with van der Waals surface area (Å²) in [6.45, 7) is 0.639. The van der Waals surface area contributed by atoms with Crippen LogP contribution in [0.15, 0.2) is 66.4 Å². The van der Waals surface area contributed by atoms with Crippen molar-refractivity contribution in [2.75, 3.05) is 16.8 Å². The van der Waals surface area contributed by atoms with Gasteiger partial charge in [-0.25, -0.2) is 0 Å². The summed E-state index contributed by atoms with van der Waals surface area (Å²) in [7, 11) is 0. The first kappa shape index (κ1) is 14.9. The van der Waals surface area contributed by atoms with Gasteiger partial charge in [0, 0.05) is 24.1 Å². The molecule has 0 atom stereocenters. The number of rotatable bonds is 3. The van der Waals surface area contributed by atoms with E-state index < -0.39 is 0 Å². The van der Waals surface area contributed by atoms with Crippen LogP contribution in [0.2, 0.25) is 0 Å². The molecule has 0 bridgehead atoms. The van der Waals surface area contributed by atoms with E-state index in [2.05, 4.69) is 5.32 Å². The Morgan fingerprint density at radius 3 is 2.65 bits per heavy atom. The highest BCUT2D eigenvalue weighted by Gasteiger charge is 2.24. The topological polar surface area (TPSA) is 56.1 Å². The first-order chi connectivity index (χ1) is 11.3. The van der Waals surface area contributed by atoms with E-state index in [0.717, 1.165) is 29.8 Å². The zero-order valence-electron chi connectivity index (χ0n) is 12.7. The van der Waals surface area contributed by atoms with Crippen LogP contribution in [0.1, 0.15) is 12.0 Å². The second-order valence-electron chi connectivity index (χ2n) is 5.37. The maximum Gasteiger partial charge on any atom is 0.270 e. The Morgan fingerprint density at radius 1 is 1.13 bits per heavy atom. The van der Waals surface area contributed by atoms with Crippen molar-refractivity contribution in [3.05, 3.63) is 71.9 Å². The Kier molecular flexibility index (Phi) is 4.39. The van der Waals surface area contributed by atoms with Crippen molar-refractivity contribution in [1.29, 1.82) is 5.26 Å². The minimum absolute atomic E-state index is 0.102. The standard InChI is InChI=1S/C19H17N3O/c20-13-16(14-21-17-9-2-1-3-10-17)19(23)22-12-6-8-15-7-4-5-11-18(15)22/h1-5,7,9-11,14,21H,6,8,12H2/b16-14-. The van der Waals surface area contributed by atoms with Crippen LogP contribution in [0.25, 0.3) is 0 Å². The molecule has 0 saturated heterocycles. The van der Waals surface area contributed by atoms with Gasteiger partial charge in [-0.1, -0.05) is 36.4 Å². The molecule has 0 aromatic heterocycles. The second kappa shape index (κ2) is 6.80. The van der Waals surface area contributed by atoms with Gasteiger partial charge in [0.05, 0.1) is 0 Å². The Labute approximate surface area is 135 Å². The summed E-state index contributed by atoms with van der Waals surface area (Å²) < 4.78 is 0. The van der Waals surface area contributed by atoms with Crippen molar-refractivity contribution >= 4 is 17.3 Å². The molecular formula is C19H17N3O. The highest BCUT2D eigenvalue weighted by molar-refractivity contribution is 6.09. The van der Waals surface area contributed by atoms with Gasteiger partial charge in [-0.2, -0.15) is 5.26 Å². The van der Waals surface area contributed by atoms with Crippen LogP contribution in [0.4, 0.5) is 11.4 Å². The van der Waals surface area contributed by atoms with Crippen LogP contribution >= 0.6 is 0 Å². The van der Waals surface area contributed by atoms with E-state index in [1.165, 1.54) is 6.20 Å². The van der Waals surface area contributed by atoms with E-state index in [0.29, 0.717) is 6.54 Å². The van der Waals surface area contributed by atoms with Gasteiger partial charge in [-0.15, -0.1) is 0 Å². The van der Waals surface area contributed by atoms with Crippen LogP contribution in [0.5, 0.6) is 0 Å². The summed E-state index contributed by atoms with van der Waals surface area (Å²) in [6, 6.07) is 19.3. The van der Waals surface area contributed by atoms with Crippen molar-refractivity contribution in [1.82, 2.24) is 0 Å². The number of benzene rings is 2. The van der Waals surface area contributed by atoms with Crippen molar-refractivity contribution in [3.8, 4) is 6.07 Å². The summed E-state index contributed by atoms with van der Waals surface area (Å²) in [6.07, 6.45) is 3.36. The smallest absolute Gasteiger partial charge is 0.270 e. The number of amides is 1. The number of fused-ring (bicyclic) bond motifs is 1. The summed E-state index contributed by atoms with van der Waals surface area (Å²) in [4.78, 5) is 14.4. The van der Waals surface area contributed by atoms with Crippen LogP contribution < -0.4 is 10.2 Å². The molecule has 0 spiro atoms. The molecule has 0 radical (unpaired) electrons.